The van der Waals surface area contributed by atoms with Gasteiger partial charge < -0.3 is 4.90 Å². The molecule has 1 rings (SSSR count). The molecule has 2 nitrogen and oxygen atoms in total. The Morgan fingerprint density at radius 1 is 1.27 bits per heavy atom. The van der Waals surface area contributed by atoms with Gasteiger partial charge in [0.2, 0.25) is 0 Å². The predicted molar refractivity (Wildman–Crippen MR) is 65.1 cm³/mol. The zero-order chi connectivity index (χ0) is 11.3. The van der Waals surface area contributed by atoms with Gasteiger partial charge in [0, 0.05) is 26.2 Å². The molecule has 0 N–H and O–H groups in total. The van der Waals surface area contributed by atoms with Crippen LogP contribution in [0.2, 0.25) is 0 Å². The Labute approximate surface area is 91.2 Å². The number of rotatable bonds is 4. The first-order chi connectivity index (χ1) is 7.13. The zero-order valence-electron chi connectivity index (χ0n) is 9.53. The average Bonchev–Trinajstić information content (AvgIpc) is 2.26. The lowest BCUT2D eigenvalue weighted by Gasteiger charge is -2.11. The van der Waals surface area contributed by atoms with Crippen molar-refractivity contribution in [1.82, 2.24) is 0 Å². The molecule has 0 aliphatic rings. The predicted octanol–water partition coefficient (Wildman–Crippen LogP) is 2.74. The molecule has 0 amide bonds. The molecule has 0 saturated carbocycles. The lowest BCUT2D eigenvalue weighted by molar-refractivity contribution is -0.114. The minimum Gasteiger partial charge on any atom is -0.378 e. The van der Waals surface area contributed by atoms with E-state index < -0.39 is 0 Å². The van der Waals surface area contributed by atoms with Crippen molar-refractivity contribution in [3.8, 4) is 0 Å². The van der Waals surface area contributed by atoms with E-state index in [0.29, 0.717) is 6.42 Å². The summed E-state index contributed by atoms with van der Waals surface area (Å²) in [6, 6.07) is 8.09. The van der Waals surface area contributed by atoms with Gasteiger partial charge in [-0.1, -0.05) is 25.1 Å². The van der Waals surface area contributed by atoms with Crippen molar-refractivity contribution in [2.75, 3.05) is 19.0 Å². The van der Waals surface area contributed by atoms with E-state index >= 15 is 0 Å². The highest BCUT2D eigenvalue weighted by molar-refractivity contribution is 5.93. The Balaban J connectivity index is 2.72. The molecule has 0 spiro atoms. The monoisotopic (exact) mass is 203 g/mol. The van der Waals surface area contributed by atoms with Crippen molar-refractivity contribution in [2.24, 2.45) is 0 Å². The van der Waals surface area contributed by atoms with Crippen molar-refractivity contribution < 1.29 is 4.79 Å². The van der Waals surface area contributed by atoms with Gasteiger partial charge in [0.25, 0.3) is 0 Å². The van der Waals surface area contributed by atoms with Crippen LogP contribution in [0.4, 0.5) is 5.69 Å². The van der Waals surface area contributed by atoms with Crippen molar-refractivity contribution in [1.29, 1.82) is 0 Å². The fraction of sp³-hybridized carbons (Fsp3) is 0.308. The lowest BCUT2D eigenvalue weighted by Crippen LogP contribution is -2.07. The van der Waals surface area contributed by atoms with E-state index in [1.807, 2.05) is 56.3 Å². The minimum atomic E-state index is 0.159. The van der Waals surface area contributed by atoms with Crippen LogP contribution in [0.5, 0.6) is 0 Å². The molecule has 0 fully saturated rings. The van der Waals surface area contributed by atoms with E-state index in [1.54, 1.807) is 6.08 Å². The largest absolute Gasteiger partial charge is 0.378 e. The van der Waals surface area contributed by atoms with Gasteiger partial charge >= 0.3 is 0 Å². The molecule has 2 heteroatoms. The highest BCUT2D eigenvalue weighted by Crippen LogP contribution is 2.13. The molecule has 1 aromatic carbocycles. The number of hydrogen-bond acceptors (Lipinski definition) is 2. The molecule has 1 aromatic rings. The topological polar surface area (TPSA) is 20.3 Å². The Kier molecular flexibility index (Phi) is 4.10. The van der Waals surface area contributed by atoms with Crippen LogP contribution < -0.4 is 4.90 Å². The molecule has 0 heterocycles. The zero-order valence-corrected chi connectivity index (χ0v) is 9.53. The third-order valence-electron chi connectivity index (χ3n) is 2.22. The van der Waals surface area contributed by atoms with Crippen LogP contribution in [0.25, 0.3) is 6.08 Å². The third-order valence-corrected chi connectivity index (χ3v) is 2.22. The van der Waals surface area contributed by atoms with Gasteiger partial charge in [0.05, 0.1) is 0 Å². The summed E-state index contributed by atoms with van der Waals surface area (Å²) in [7, 11) is 4.01. The molecular formula is C13H17NO. The van der Waals surface area contributed by atoms with E-state index in [0.717, 1.165) is 11.3 Å². The summed E-state index contributed by atoms with van der Waals surface area (Å²) in [6.45, 7) is 1.86. The fourth-order valence-corrected chi connectivity index (χ4v) is 1.19. The van der Waals surface area contributed by atoms with Crippen molar-refractivity contribution in [3.63, 3.8) is 0 Å². The van der Waals surface area contributed by atoms with E-state index in [-0.39, 0.29) is 5.78 Å². The Bertz CT molecular complexity index is 349. The summed E-state index contributed by atoms with van der Waals surface area (Å²) in [5.74, 6) is 0.159. The van der Waals surface area contributed by atoms with Crippen LogP contribution in [0.3, 0.4) is 0 Å². The Hall–Kier alpha value is -1.57. The SMILES string of the molecule is CCC(=O)/C=C\c1ccc(N(C)C)cc1. The summed E-state index contributed by atoms with van der Waals surface area (Å²) in [6.07, 6.45) is 4.04. The van der Waals surface area contributed by atoms with Gasteiger partial charge in [-0.3, -0.25) is 4.79 Å². The number of anilines is 1. The number of nitrogens with zero attached hydrogens (tertiary/aromatic N) is 1. The summed E-state index contributed by atoms with van der Waals surface area (Å²) in [4.78, 5) is 13.1. The quantitative estimate of drug-likeness (QED) is 0.701. The molecule has 0 unspecified atom stereocenters. The van der Waals surface area contributed by atoms with Crippen molar-refractivity contribution in [3.05, 3.63) is 35.9 Å². The second kappa shape index (κ2) is 5.35. The number of hydrogen-bond donors (Lipinski definition) is 0. The van der Waals surface area contributed by atoms with Crippen molar-refractivity contribution >= 4 is 17.5 Å². The van der Waals surface area contributed by atoms with E-state index in [4.69, 9.17) is 0 Å². The number of carbonyl (C=O) groups excluding carboxylic acids is 1. The summed E-state index contributed by atoms with van der Waals surface area (Å²) in [5, 5.41) is 0. The number of benzene rings is 1. The van der Waals surface area contributed by atoms with Crippen LogP contribution in [-0.4, -0.2) is 19.9 Å². The van der Waals surface area contributed by atoms with E-state index in [2.05, 4.69) is 0 Å². The number of carbonyl (C=O) groups is 1. The normalized spacial score (nSPS) is 10.6. The molecule has 0 aliphatic heterocycles. The second-order valence-electron chi connectivity index (χ2n) is 3.64. The summed E-state index contributed by atoms with van der Waals surface area (Å²) in [5.41, 5.74) is 2.22. The first kappa shape index (κ1) is 11.5. The number of allylic oxidation sites excluding steroid dienone is 1. The number of ketones is 1. The van der Waals surface area contributed by atoms with Crippen LogP contribution >= 0.6 is 0 Å². The molecule has 80 valence electrons. The molecule has 0 saturated heterocycles. The molecular weight excluding hydrogens is 186 g/mol. The molecule has 0 atom stereocenters. The molecule has 0 aliphatic carbocycles. The maximum absolute atomic E-state index is 11.1. The highest BCUT2D eigenvalue weighted by Gasteiger charge is 1.94. The summed E-state index contributed by atoms with van der Waals surface area (Å²) >= 11 is 0. The maximum atomic E-state index is 11.1. The van der Waals surface area contributed by atoms with Crippen LogP contribution in [-0.2, 0) is 4.79 Å². The van der Waals surface area contributed by atoms with Gasteiger partial charge in [0.1, 0.15) is 0 Å². The maximum Gasteiger partial charge on any atom is 0.155 e. The molecule has 15 heavy (non-hydrogen) atoms. The van der Waals surface area contributed by atoms with E-state index in [9.17, 15) is 4.79 Å². The Morgan fingerprint density at radius 2 is 1.87 bits per heavy atom. The van der Waals surface area contributed by atoms with Gasteiger partial charge in [-0.15, -0.1) is 0 Å². The molecule has 0 aromatic heterocycles. The van der Waals surface area contributed by atoms with Gasteiger partial charge in [-0.25, -0.2) is 0 Å². The van der Waals surface area contributed by atoms with Crippen LogP contribution in [0, 0.1) is 0 Å². The van der Waals surface area contributed by atoms with Crippen LogP contribution in [0.15, 0.2) is 30.3 Å². The lowest BCUT2D eigenvalue weighted by atomic mass is 10.1. The minimum absolute atomic E-state index is 0.159. The van der Waals surface area contributed by atoms with Gasteiger partial charge in [-0.2, -0.15) is 0 Å². The first-order valence-corrected chi connectivity index (χ1v) is 5.11. The van der Waals surface area contributed by atoms with Crippen molar-refractivity contribution in [2.45, 2.75) is 13.3 Å². The molecule has 0 bridgehead atoms. The average molecular weight is 203 g/mol. The standard InChI is InChI=1S/C13H17NO/c1-4-13(15)10-7-11-5-8-12(9-6-11)14(2)3/h5-10H,4H2,1-3H3/b10-7-. The Morgan fingerprint density at radius 3 is 2.33 bits per heavy atom. The van der Waals surface area contributed by atoms with Crippen LogP contribution in [0.1, 0.15) is 18.9 Å². The smallest absolute Gasteiger partial charge is 0.155 e. The second-order valence-corrected chi connectivity index (χ2v) is 3.64. The molecule has 0 radical (unpaired) electrons. The third kappa shape index (κ3) is 3.58. The first-order valence-electron chi connectivity index (χ1n) is 5.11. The van der Waals surface area contributed by atoms with Gasteiger partial charge in [0.15, 0.2) is 5.78 Å². The van der Waals surface area contributed by atoms with Gasteiger partial charge in [-0.05, 0) is 23.8 Å². The highest BCUT2D eigenvalue weighted by atomic mass is 16.1. The van der Waals surface area contributed by atoms with E-state index in [1.165, 1.54) is 0 Å². The summed E-state index contributed by atoms with van der Waals surface area (Å²) < 4.78 is 0. The fourth-order valence-electron chi connectivity index (χ4n) is 1.19.